The van der Waals surface area contributed by atoms with Gasteiger partial charge in [0.25, 0.3) is 5.56 Å². The summed E-state index contributed by atoms with van der Waals surface area (Å²) in [5, 5.41) is 18.7. The molecule has 0 bridgehead atoms. The number of benzene rings is 2. The van der Waals surface area contributed by atoms with Gasteiger partial charge in [0.05, 0.1) is 34.6 Å². The molecule has 0 amide bonds. The molecule has 0 aliphatic rings. The van der Waals surface area contributed by atoms with Crippen molar-refractivity contribution >= 4 is 22.7 Å². The molecule has 27 heavy (non-hydrogen) atoms. The molecule has 0 aliphatic carbocycles. The maximum absolute atomic E-state index is 14.4. The highest BCUT2D eigenvalue weighted by Gasteiger charge is 2.17. The van der Waals surface area contributed by atoms with Crippen LogP contribution in [0.15, 0.2) is 58.5 Å². The maximum atomic E-state index is 14.4. The van der Waals surface area contributed by atoms with Crippen molar-refractivity contribution in [1.29, 1.82) is 10.5 Å². The summed E-state index contributed by atoms with van der Waals surface area (Å²) in [5.41, 5.74) is 0.274. The number of hydrogen-bond donors (Lipinski definition) is 0. The van der Waals surface area contributed by atoms with Gasteiger partial charge in [0, 0.05) is 12.2 Å². The first-order valence-electron chi connectivity index (χ1n) is 8.31. The van der Waals surface area contributed by atoms with Gasteiger partial charge < -0.3 is 0 Å². The fourth-order valence-electron chi connectivity index (χ4n) is 2.65. The van der Waals surface area contributed by atoms with Crippen LogP contribution in [-0.4, -0.2) is 15.3 Å². The SMILES string of the molecule is N#CCC[C@H](C#N)CSc1nc2ccccc2c(=O)n1-c1ccccc1F. The molecule has 3 aromatic rings. The van der Waals surface area contributed by atoms with Gasteiger partial charge in [-0.25, -0.2) is 9.37 Å². The monoisotopic (exact) mass is 378 g/mol. The van der Waals surface area contributed by atoms with Crippen LogP contribution in [0.4, 0.5) is 4.39 Å². The number of para-hydroxylation sites is 2. The van der Waals surface area contributed by atoms with E-state index in [1.54, 1.807) is 36.4 Å². The standard InChI is InChI=1S/C20H15FN4OS/c21-16-8-2-4-10-18(16)25-19(26)15-7-1-3-9-17(15)24-20(25)27-13-14(12-23)6-5-11-22/h1-4,7-10,14H,5-6,13H2/t14-/m1/s1. The normalized spacial score (nSPS) is 11.7. The van der Waals surface area contributed by atoms with Crippen LogP contribution < -0.4 is 5.56 Å². The second-order valence-electron chi connectivity index (χ2n) is 5.84. The molecule has 0 unspecified atom stereocenters. The van der Waals surface area contributed by atoms with Crippen LogP contribution in [-0.2, 0) is 0 Å². The Kier molecular flexibility index (Phi) is 5.85. The van der Waals surface area contributed by atoms with Gasteiger partial charge in [-0.2, -0.15) is 10.5 Å². The van der Waals surface area contributed by atoms with Crippen LogP contribution in [0.2, 0.25) is 0 Å². The van der Waals surface area contributed by atoms with Crippen molar-refractivity contribution < 1.29 is 4.39 Å². The van der Waals surface area contributed by atoms with E-state index in [4.69, 9.17) is 5.26 Å². The number of nitrogens with zero attached hydrogens (tertiary/aromatic N) is 4. The summed E-state index contributed by atoms with van der Waals surface area (Å²) in [5.74, 6) is -0.524. The predicted molar refractivity (Wildman–Crippen MR) is 102 cm³/mol. The minimum Gasteiger partial charge on any atom is -0.268 e. The minimum atomic E-state index is -0.528. The van der Waals surface area contributed by atoms with Gasteiger partial charge in [0.1, 0.15) is 5.82 Å². The molecular weight excluding hydrogens is 363 g/mol. The third kappa shape index (κ3) is 3.99. The third-order valence-electron chi connectivity index (χ3n) is 4.04. The van der Waals surface area contributed by atoms with Crippen molar-refractivity contribution in [3.05, 3.63) is 64.7 Å². The van der Waals surface area contributed by atoms with E-state index in [2.05, 4.69) is 11.1 Å². The third-order valence-corrected chi connectivity index (χ3v) is 5.14. The summed E-state index contributed by atoms with van der Waals surface area (Å²) in [6.07, 6.45) is 0.724. The first-order valence-corrected chi connectivity index (χ1v) is 9.30. The Morgan fingerprint density at radius 1 is 1.15 bits per heavy atom. The lowest BCUT2D eigenvalue weighted by atomic mass is 10.1. The quantitative estimate of drug-likeness (QED) is 0.477. The van der Waals surface area contributed by atoms with E-state index in [9.17, 15) is 14.4 Å². The molecule has 7 heteroatoms. The van der Waals surface area contributed by atoms with Crippen LogP contribution in [0.5, 0.6) is 0 Å². The lowest BCUT2D eigenvalue weighted by molar-refractivity contribution is 0.607. The number of thioether (sulfide) groups is 1. The largest absolute Gasteiger partial charge is 0.268 e. The Labute approximate surface area is 159 Å². The van der Waals surface area contributed by atoms with E-state index in [0.717, 1.165) is 0 Å². The Hall–Kier alpha value is -3.16. The summed E-state index contributed by atoms with van der Waals surface area (Å²) in [6.45, 7) is 0. The number of nitriles is 2. The zero-order valence-corrected chi connectivity index (χ0v) is 15.1. The van der Waals surface area contributed by atoms with Crippen LogP contribution in [0.25, 0.3) is 16.6 Å². The molecule has 134 valence electrons. The second kappa shape index (κ2) is 8.48. The van der Waals surface area contributed by atoms with Gasteiger partial charge in [-0.3, -0.25) is 9.36 Å². The molecular formula is C20H15FN4OS. The molecule has 0 N–H and O–H groups in total. The van der Waals surface area contributed by atoms with Gasteiger partial charge in [-0.05, 0) is 30.7 Å². The van der Waals surface area contributed by atoms with Crippen LogP contribution >= 0.6 is 11.8 Å². The van der Waals surface area contributed by atoms with Gasteiger partial charge in [-0.1, -0.05) is 36.0 Å². The average Bonchev–Trinajstić information content (AvgIpc) is 2.69. The lowest BCUT2D eigenvalue weighted by Crippen LogP contribution is -2.23. The molecule has 1 atom stereocenters. The van der Waals surface area contributed by atoms with Gasteiger partial charge in [0.2, 0.25) is 0 Å². The van der Waals surface area contributed by atoms with Crippen LogP contribution in [0.3, 0.4) is 0 Å². The zero-order valence-electron chi connectivity index (χ0n) is 14.3. The smallest absolute Gasteiger partial charge is 0.266 e. The molecule has 3 rings (SSSR count). The van der Waals surface area contributed by atoms with Gasteiger partial charge in [0.15, 0.2) is 5.16 Å². The molecule has 2 aromatic carbocycles. The zero-order chi connectivity index (χ0) is 19.2. The summed E-state index contributed by atoms with van der Waals surface area (Å²) in [6, 6.07) is 17.1. The fourth-order valence-corrected chi connectivity index (χ4v) is 3.72. The molecule has 5 nitrogen and oxygen atoms in total. The molecule has 0 aliphatic heterocycles. The van der Waals surface area contributed by atoms with E-state index >= 15 is 0 Å². The summed E-state index contributed by atoms with van der Waals surface area (Å²) in [4.78, 5) is 17.5. The van der Waals surface area contributed by atoms with Crippen LogP contribution in [0.1, 0.15) is 12.8 Å². The van der Waals surface area contributed by atoms with Crippen LogP contribution in [0, 0.1) is 34.4 Å². The summed E-state index contributed by atoms with van der Waals surface area (Å²) >= 11 is 1.22. The van der Waals surface area contributed by atoms with E-state index in [1.165, 1.54) is 28.5 Å². The number of hydrogen-bond acceptors (Lipinski definition) is 5. The number of fused-ring (bicyclic) bond motifs is 1. The lowest BCUT2D eigenvalue weighted by Gasteiger charge is -2.14. The highest BCUT2D eigenvalue weighted by atomic mass is 32.2. The molecule has 1 heterocycles. The summed E-state index contributed by atoms with van der Waals surface area (Å²) in [7, 11) is 0. The molecule has 0 spiro atoms. The van der Waals surface area contributed by atoms with Crippen molar-refractivity contribution in [1.82, 2.24) is 9.55 Å². The van der Waals surface area contributed by atoms with Crippen molar-refractivity contribution in [3.8, 4) is 17.8 Å². The molecule has 0 fully saturated rings. The number of halogens is 1. The van der Waals surface area contributed by atoms with E-state index in [-0.39, 0.29) is 23.6 Å². The molecule has 0 radical (unpaired) electrons. The number of rotatable bonds is 6. The van der Waals surface area contributed by atoms with Crippen molar-refractivity contribution in [2.45, 2.75) is 18.0 Å². The fraction of sp³-hybridized carbons (Fsp3) is 0.200. The molecule has 0 saturated heterocycles. The Balaban J connectivity index is 2.09. The Morgan fingerprint density at radius 3 is 2.63 bits per heavy atom. The predicted octanol–water partition coefficient (Wildman–Crippen LogP) is 4.06. The van der Waals surface area contributed by atoms with Crippen molar-refractivity contribution in [3.63, 3.8) is 0 Å². The number of aromatic nitrogens is 2. The minimum absolute atomic E-state index is 0.119. The Morgan fingerprint density at radius 2 is 1.89 bits per heavy atom. The second-order valence-corrected chi connectivity index (χ2v) is 6.82. The average molecular weight is 378 g/mol. The van der Waals surface area contributed by atoms with E-state index in [0.29, 0.717) is 28.2 Å². The highest BCUT2D eigenvalue weighted by Crippen LogP contribution is 2.25. The first-order chi connectivity index (χ1) is 13.2. The van der Waals surface area contributed by atoms with Crippen molar-refractivity contribution in [2.75, 3.05) is 5.75 Å². The van der Waals surface area contributed by atoms with Gasteiger partial charge >= 0.3 is 0 Å². The van der Waals surface area contributed by atoms with Gasteiger partial charge in [-0.15, -0.1) is 0 Å². The molecule has 0 saturated carbocycles. The van der Waals surface area contributed by atoms with E-state index < -0.39 is 5.82 Å². The summed E-state index contributed by atoms with van der Waals surface area (Å²) < 4.78 is 15.6. The topological polar surface area (TPSA) is 82.5 Å². The Bertz CT molecular complexity index is 1110. The maximum Gasteiger partial charge on any atom is 0.266 e. The van der Waals surface area contributed by atoms with E-state index in [1.807, 2.05) is 6.07 Å². The van der Waals surface area contributed by atoms with Crippen molar-refractivity contribution in [2.24, 2.45) is 5.92 Å². The first kappa shape index (κ1) is 18.6. The molecule has 1 aromatic heterocycles. The highest BCUT2D eigenvalue weighted by molar-refractivity contribution is 7.99.